The molecular formula is C21H20ClOP. The van der Waals surface area contributed by atoms with Gasteiger partial charge in [0.15, 0.2) is 0 Å². The van der Waals surface area contributed by atoms with Gasteiger partial charge in [-0.25, -0.2) is 0 Å². The minimum Gasteiger partial charge on any atom is -0.388 e. The number of benzene rings is 3. The average molecular weight is 355 g/mol. The molecule has 3 aromatic rings. The SMILES string of the molecule is OC(C=P(c1ccccc1)(c1ccccc1)c1ccccc1)CCl. The van der Waals surface area contributed by atoms with Crippen LogP contribution in [-0.4, -0.2) is 22.9 Å². The Kier molecular flexibility index (Phi) is 5.58. The lowest BCUT2D eigenvalue weighted by atomic mass is 10.4. The third-order valence-corrected chi connectivity index (χ3v) is 8.49. The minimum atomic E-state index is -2.09. The predicted octanol–water partition coefficient (Wildman–Crippen LogP) is 3.38. The highest BCUT2D eigenvalue weighted by Gasteiger charge is 2.25. The molecule has 0 spiro atoms. The van der Waals surface area contributed by atoms with E-state index in [-0.39, 0.29) is 5.88 Å². The second-order valence-corrected chi connectivity index (χ2v) is 9.20. The van der Waals surface area contributed by atoms with Gasteiger partial charge < -0.3 is 5.11 Å². The van der Waals surface area contributed by atoms with Crippen LogP contribution < -0.4 is 15.9 Å². The van der Waals surface area contributed by atoms with Gasteiger partial charge in [-0.15, -0.1) is 11.6 Å². The van der Waals surface area contributed by atoms with Gasteiger partial charge in [0.2, 0.25) is 0 Å². The molecule has 0 aliphatic heterocycles. The zero-order valence-corrected chi connectivity index (χ0v) is 14.9. The molecule has 0 saturated carbocycles. The van der Waals surface area contributed by atoms with Gasteiger partial charge in [0, 0.05) is 0 Å². The molecule has 0 saturated heterocycles. The molecule has 3 rings (SSSR count). The van der Waals surface area contributed by atoms with Crippen LogP contribution in [0.15, 0.2) is 91.0 Å². The Morgan fingerprint density at radius 3 is 1.33 bits per heavy atom. The molecule has 24 heavy (non-hydrogen) atoms. The summed E-state index contributed by atoms with van der Waals surface area (Å²) in [4.78, 5) is 0. The van der Waals surface area contributed by atoms with Crippen LogP contribution in [0.1, 0.15) is 0 Å². The summed E-state index contributed by atoms with van der Waals surface area (Å²) in [5.41, 5.74) is 0. The number of halogens is 1. The van der Waals surface area contributed by atoms with E-state index in [1.54, 1.807) is 0 Å². The number of hydrogen-bond donors (Lipinski definition) is 1. The van der Waals surface area contributed by atoms with Gasteiger partial charge in [0.1, 0.15) is 0 Å². The largest absolute Gasteiger partial charge is 0.388 e. The Balaban J connectivity index is 2.40. The van der Waals surface area contributed by atoms with Crippen LogP contribution in [0, 0.1) is 0 Å². The number of alkyl halides is 1. The average Bonchev–Trinajstić information content (AvgIpc) is 2.68. The quantitative estimate of drug-likeness (QED) is 0.550. The summed E-state index contributed by atoms with van der Waals surface area (Å²) in [6, 6.07) is 31.2. The van der Waals surface area contributed by atoms with Crippen molar-refractivity contribution in [1.82, 2.24) is 0 Å². The molecule has 0 aliphatic rings. The normalized spacial score (nSPS) is 12.6. The Hall–Kier alpha value is -1.79. The second-order valence-electron chi connectivity index (χ2n) is 5.60. The zero-order valence-electron chi connectivity index (χ0n) is 13.3. The molecule has 3 aromatic carbocycles. The van der Waals surface area contributed by atoms with E-state index in [9.17, 15) is 5.11 Å². The second kappa shape index (κ2) is 7.85. The fourth-order valence-electron chi connectivity index (χ4n) is 2.99. The molecule has 0 aliphatic carbocycles. The van der Waals surface area contributed by atoms with Crippen LogP contribution in [0.25, 0.3) is 0 Å². The van der Waals surface area contributed by atoms with Gasteiger partial charge in [-0.2, -0.15) is 0 Å². The Morgan fingerprint density at radius 2 is 1.04 bits per heavy atom. The fourth-order valence-corrected chi connectivity index (χ4v) is 7.17. The lowest BCUT2D eigenvalue weighted by Crippen LogP contribution is -2.30. The summed E-state index contributed by atoms with van der Waals surface area (Å²) in [7, 11) is 0. The van der Waals surface area contributed by atoms with Crippen molar-refractivity contribution in [1.29, 1.82) is 0 Å². The molecule has 0 radical (unpaired) electrons. The van der Waals surface area contributed by atoms with Crippen LogP contribution in [0.5, 0.6) is 0 Å². The van der Waals surface area contributed by atoms with Gasteiger partial charge in [0.05, 0.1) is 12.0 Å². The van der Waals surface area contributed by atoms with E-state index in [1.165, 1.54) is 15.9 Å². The van der Waals surface area contributed by atoms with Crippen molar-refractivity contribution in [2.24, 2.45) is 0 Å². The van der Waals surface area contributed by atoms with E-state index in [0.29, 0.717) is 0 Å². The standard InChI is InChI=1S/C21H20ClOP/c22-16-18(23)17-24(19-10-4-1-5-11-19,20-12-6-2-7-13-20)21-14-8-3-9-15-21/h1-15,17-18,23H,16H2. The fraction of sp³-hybridized carbons (Fsp3) is 0.0952. The highest BCUT2D eigenvalue weighted by Crippen LogP contribution is 2.43. The number of rotatable bonds is 5. The third-order valence-electron chi connectivity index (χ3n) is 4.04. The van der Waals surface area contributed by atoms with Gasteiger partial charge in [-0.3, -0.25) is 0 Å². The Bertz CT molecular complexity index is 713. The number of hydrogen-bond acceptors (Lipinski definition) is 1. The smallest absolute Gasteiger partial charge is 0.0869 e. The first-order chi connectivity index (χ1) is 11.8. The topological polar surface area (TPSA) is 20.2 Å². The number of aliphatic hydroxyl groups excluding tert-OH is 1. The van der Waals surface area contributed by atoms with Gasteiger partial charge in [0.25, 0.3) is 0 Å². The molecule has 122 valence electrons. The molecule has 1 unspecified atom stereocenters. The summed E-state index contributed by atoms with van der Waals surface area (Å²) in [6.45, 7) is -2.09. The van der Waals surface area contributed by atoms with E-state index in [2.05, 4.69) is 78.6 Å². The molecule has 0 bridgehead atoms. The monoisotopic (exact) mass is 354 g/mol. The van der Waals surface area contributed by atoms with Crippen molar-refractivity contribution in [2.45, 2.75) is 6.10 Å². The minimum absolute atomic E-state index is 0.189. The van der Waals surface area contributed by atoms with E-state index < -0.39 is 13.0 Å². The maximum Gasteiger partial charge on any atom is 0.0869 e. The molecule has 0 heterocycles. The lowest BCUT2D eigenvalue weighted by Gasteiger charge is -2.29. The maximum absolute atomic E-state index is 10.4. The highest BCUT2D eigenvalue weighted by atomic mass is 35.5. The lowest BCUT2D eigenvalue weighted by molar-refractivity contribution is 0.272. The van der Waals surface area contributed by atoms with Crippen LogP contribution in [0.3, 0.4) is 0 Å². The summed E-state index contributed by atoms with van der Waals surface area (Å²) in [5, 5.41) is 14.1. The van der Waals surface area contributed by atoms with Gasteiger partial charge in [-0.1, -0.05) is 91.0 Å². The van der Waals surface area contributed by atoms with Crippen molar-refractivity contribution in [3.63, 3.8) is 0 Å². The first kappa shape index (κ1) is 17.0. The van der Waals surface area contributed by atoms with Gasteiger partial charge >= 0.3 is 0 Å². The van der Waals surface area contributed by atoms with Crippen LogP contribution in [-0.2, 0) is 0 Å². The summed E-state index contributed by atoms with van der Waals surface area (Å²) < 4.78 is 0. The van der Waals surface area contributed by atoms with Crippen LogP contribution >= 0.6 is 18.5 Å². The molecule has 0 amide bonds. The van der Waals surface area contributed by atoms with Crippen LogP contribution in [0.2, 0.25) is 0 Å². The number of aliphatic hydroxyl groups is 1. The molecule has 0 fully saturated rings. The maximum atomic E-state index is 10.4. The van der Waals surface area contributed by atoms with Gasteiger partial charge in [-0.05, 0) is 28.6 Å². The predicted molar refractivity (Wildman–Crippen MR) is 108 cm³/mol. The molecular weight excluding hydrogens is 335 g/mol. The van der Waals surface area contributed by atoms with E-state index >= 15 is 0 Å². The zero-order chi connectivity index (χ0) is 16.8. The van der Waals surface area contributed by atoms with Crippen molar-refractivity contribution in [2.75, 3.05) is 5.88 Å². The van der Waals surface area contributed by atoms with Crippen molar-refractivity contribution >= 4 is 40.2 Å². The van der Waals surface area contributed by atoms with Crippen molar-refractivity contribution in [3.05, 3.63) is 91.0 Å². The first-order valence-electron chi connectivity index (χ1n) is 7.93. The molecule has 1 nitrogen and oxygen atoms in total. The van der Waals surface area contributed by atoms with Crippen molar-refractivity contribution in [3.8, 4) is 0 Å². The Labute approximate surface area is 148 Å². The summed E-state index contributed by atoms with van der Waals surface area (Å²) in [6.07, 6.45) is -0.666. The first-order valence-corrected chi connectivity index (χ1v) is 10.3. The van der Waals surface area contributed by atoms with E-state index in [1.807, 2.05) is 18.2 Å². The summed E-state index contributed by atoms with van der Waals surface area (Å²) in [5.74, 6) is 2.24. The summed E-state index contributed by atoms with van der Waals surface area (Å²) >= 11 is 5.96. The van der Waals surface area contributed by atoms with Crippen molar-refractivity contribution < 1.29 is 5.11 Å². The van der Waals surface area contributed by atoms with Crippen LogP contribution in [0.4, 0.5) is 0 Å². The molecule has 3 heteroatoms. The molecule has 1 N–H and O–H groups in total. The highest BCUT2D eigenvalue weighted by molar-refractivity contribution is 7.94. The Morgan fingerprint density at radius 1 is 0.708 bits per heavy atom. The molecule has 1 atom stereocenters. The molecule has 0 aromatic heterocycles. The third kappa shape index (κ3) is 3.35. The van der Waals surface area contributed by atoms with E-state index in [0.717, 1.165) is 0 Å². The van der Waals surface area contributed by atoms with E-state index in [4.69, 9.17) is 11.6 Å².